The molecule has 90 valence electrons. The van der Waals surface area contributed by atoms with Crippen LogP contribution in [0.25, 0.3) is 0 Å². The van der Waals surface area contributed by atoms with E-state index in [1.807, 2.05) is 0 Å². The van der Waals surface area contributed by atoms with Crippen LogP contribution in [0.2, 0.25) is 0 Å². The lowest BCUT2D eigenvalue weighted by atomic mass is 10.1. The Morgan fingerprint density at radius 3 is 1.50 bits per heavy atom. The minimum Gasteiger partial charge on any atom is -0.333 e. The predicted octanol–water partition coefficient (Wildman–Crippen LogP) is -1.20. The Morgan fingerprint density at radius 2 is 1.36 bits per heavy atom. The van der Waals surface area contributed by atoms with Gasteiger partial charge in [0.1, 0.15) is 0 Å². The van der Waals surface area contributed by atoms with Gasteiger partial charge < -0.3 is 28.7 Å². The Bertz CT molecular complexity index is 79.6. The summed E-state index contributed by atoms with van der Waals surface area (Å²) in [7, 11) is 4.50. The normalized spacial score (nSPS) is 23.1. The lowest BCUT2D eigenvalue weighted by Gasteiger charge is -2.10. The monoisotopic (exact) mass is 207 g/mol. The fourth-order valence-electron chi connectivity index (χ4n) is 1.36. The van der Waals surface area contributed by atoms with Crippen LogP contribution in [0.3, 0.4) is 0 Å². The molecule has 0 aliphatic heterocycles. The lowest BCUT2D eigenvalue weighted by Crippen LogP contribution is -2.29. The molecule has 0 amide bonds. The van der Waals surface area contributed by atoms with E-state index in [9.17, 15) is 0 Å². The zero-order valence-corrected chi connectivity index (χ0v) is 9.87. The molecule has 1 saturated carbocycles. The molecule has 0 spiro atoms. The molecule has 0 aromatic carbocycles. The maximum absolute atomic E-state index is 5.71. The van der Waals surface area contributed by atoms with Gasteiger partial charge in [-0.25, -0.2) is 0 Å². The van der Waals surface area contributed by atoms with Crippen molar-refractivity contribution in [2.75, 3.05) is 27.7 Å². The van der Waals surface area contributed by atoms with Crippen molar-refractivity contribution in [1.82, 2.24) is 0 Å². The molecule has 0 aromatic heterocycles. The Hall–Kier alpha value is -0.200. The Morgan fingerprint density at radius 1 is 0.929 bits per heavy atom. The Balaban J connectivity index is -0.000000174. The molecule has 5 nitrogen and oxygen atoms in total. The average molecular weight is 207 g/mol. The third-order valence-electron chi connectivity index (χ3n) is 2.02. The van der Waals surface area contributed by atoms with Crippen molar-refractivity contribution < 1.29 is 0 Å². The van der Waals surface area contributed by atoms with Gasteiger partial charge in [0.2, 0.25) is 0 Å². The summed E-state index contributed by atoms with van der Waals surface area (Å²) >= 11 is 0. The van der Waals surface area contributed by atoms with Crippen molar-refractivity contribution in [3.05, 3.63) is 0 Å². The zero-order valence-electron chi connectivity index (χ0n) is 9.87. The van der Waals surface area contributed by atoms with Crippen LogP contribution in [-0.2, 0) is 0 Å². The maximum Gasteiger partial charge on any atom is 0.00792 e. The topological polar surface area (TPSA) is 130 Å². The van der Waals surface area contributed by atoms with Gasteiger partial charge >= 0.3 is 0 Å². The minimum absolute atomic E-state index is 0.403. The van der Waals surface area contributed by atoms with Crippen LogP contribution >= 0.6 is 0 Å². The number of rotatable bonds is 1. The highest BCUT2D eigenvalue weighted by atomic mass is 14.7. The van der Waals surface area contributed by atoms with E-state index in [1.165, 1.54) is 40.4 Å². The third-order valence-corrected chi connectivity index (χ3v) is 2.02. The summed E-state index contributed by atoms with van der Waals surface area (Å²) in [6.07, 6.45) is 3.71. The molecule has 5 heteroatoms. The van der Waals surface area contributed by atoms with E-state index in [4.69, 9.17) is 11.5 Å². The van der Waals surface area contributed by atoms with Gasteiger partial charge in [0, 0.05) is 6.04 Å². The summed E-state index contributed by atoms with van der Waals surface area (Å²) < 4.78 is 0. The second-order valence-electron chi connectivity index (χ2n) is 2.59. The first-order chi connectivity index (χ1) is 6.84. The quantitative estimate of drug-likeness (QED) is 0.368. The molecule has 2 atom stereocenters. The van der Waals surface area contributed by atoms with Crippen LogP contribution < -0.4 is 28.7 Å². The molecule has 1 rings (SSSR count). The van der Waals surface area contributed by atoms with Crippen molar-refractivity contribution >= 4 is 0 Å². The molecular formula is C9H29N5. The van der Waals surface area contributed by atoms with Crippen molar-refractivity contribution in [2.45, 2.75) is 25.3 Å². The number of hydrogen-bond donors (Lipinski definition) is 5. The van der Waals surface area contributed by atoms with Gasteiger partial charge in [0.05, 0.1) is 0 Å². The molecule has 0 aromatic rings. The van der Waals surface area contributed by atoms with Gasteiger partial charge in [-0.05, 0) is 46.4 Å². The van der Waals surface area contributed by atoms with Crippen LogP contribution in [0.5, 0.6) is 0 Å². The van der Waals surface area contributed by atoms with Crippen LogP contribution in [0.4, 0.5) is 0 Å². The van der Waals surface area contributed by atoms with Gasteiger partial charge in [-0.3, -0.25) is 0 Å². The second kappa shape index (κ2) is 18.6. The van der Waals surface area contributed by atoms with Gasteiger partial charge in [-0.2, -0.15) is 0 Å². The lowest BCUT2D eigenvalue weighted by molar-refractivity contribution is 0.492. The van der Waals surface area contributed by atoms with Crippen molar-refractivity contribution in [3.63, 3.8) is 0 Å². The maximum atomic E-state index is 5.71. The Labute approximate surface area is 88.4 Å². The first-order valence-electron chi connectivity index (χ1n) is 5.03. The molecule has 0 bridgehead atoms. The first-order valence-corrected chi connectivity index (χ1v) is 5.03. The SMILES string of the molecule is CN.CN.CN.NCC1CCCC1N. The summed E-state index contributed by atoms with van der Waals surface area (Å²) in [6.45, 7) is 0.779. The summed E-state index contributed by atoms with van der Waals surface area (Å²) in [5.74, 6) is 0.620. The fourth-order valence-corrected chi connectivity index (χ4v) is 1.36. The van der Waals surface area contributed by atoms with E-state index in [1.54, 1.807) is 0 Å². The fraction of sp³-hybridized carbons (Fsp3) is 1.00. The molecule has 10 N–H and O–H groups in total. The highest BCUT2D eigenvalue weighted by Crippen LogP contribution is 2.22. The summed E-state index contributed by atoms with van der Waals surface area (Å²) in [5, 5.41) is 0. The molecule has 14 heavy (non-hydrogen) atoms. The smallest absolute Gasteiger partial charge is 0.00792 e. The molecule has 0 heterocycles. The van der Waals surface area contributed by atoms with Gasteiger partial charge in [0.15, 0.2) is 0 Å². The summed E-state index contributed by atoms with van der Waals surface area (Å²) in [4.78, 5) is 0. The summed E-state index contributed by atoms with van der Waals surface area (Å²) in [6, 6.07) is 0.403. The standard InChI is InChI=1S/C6H14N2.3CH5N/c7-4-5-2-1-3-6(5)8;3*1-2/h5-6H,1-4,7-8H2;3*2H2,1H3. The Kier molecular flexibility index (Phi) is 25.7. The van der Waals surface area contributed by atoms with E-state index < -0.39 is 0 Å². The van der Waals surface area contributed by atoms with E-state index in [0.29, 0.717) is 12.0 Å². The molecule has 2 unspecified atom stereocenters. The van der Waals surface area contributed by atoms with Crippen molar-refractivity contribution in [1.29, 1.82) is 0 Å². The van der Waals surface area contributed by atoms with Crippen molar-refractivity contribution in [2.24, 2.45) is 34.6 Å². The van der Waals surface area contributed by atoms with Gasteiger partial charge in [-0.1, -0.05) is 6.42 Å². The third kappa shape index (κ3) is 9.88. The predicted molar refractivity (Wildman–Crippen MR) is 64.7 cm³/mol. The van der Waals surface area contributed by atoms with Gasteiger partial charge in [0.25, 0.3) is 0 Å². The zero-order chi connectivity index (χ0) is 12.0. The van der Waals surface area contributed by atoms with E-state index >= 15 is 0 Å². The van der Waals surface area contributed by atoms with E-state index in [-0.39, 0.29) is 0 Å². The van der Waals surface area contributed by atoms with Crippen LogP contribution in [-0.4, -0.2) is 33.7 Å². The van der Waals surface area contributed by atoms with Gasteiger partial charge in [-0.15, -0.1) is 0 Å². The molecule has 1 fully saturated rings. The first kappa shape index (κ1) is 19.4. The molecule has 1 aliphatic carbocycles. The minimum atomic E-state index is 0.403. The molecule has 0 saturated heterocycles. The highest BCUT2D eigenvalue weighted by molar-refractivity contribution is 4.80. The largest absolute Gasteiger partial charge is 0.333 e. The number of hydrogen-bond acceptors (Lipinski definition) is 5. The summed E-state index contributed by atoms with van der Waals surface area (Å²) in [5.41, 5.74) is 24.7. The van der Waals surface area contributed by atoms with Crippen molar-refractivity contribution in [3.8, 4) is 0 Å². The molecule has 1 aliphatic rings. The second-order valence-corrected chi connectivity index (χ2v) is 2.59. The van der Waals surface area contributed by atoms with Crippen LogP contribution in [0.1, 0.15) is 19.3 Å². The van der Waals surface area contributed by atoms with Crippen LogP contribution in [0, 0.1) is 5.92 Å². The average Bonchev–Trinajstić information content (AvgIpc) is 2.72. The van der Waals surface area contributed by atoms with E-state index in [0.717, 1.165) is 6.54 Å². The number of nitrogens with two attached hydrogens (primary N) is 5. The molecular weight excluding hydrogens is 178 g/mol. The molecule has 0 radical (unpaired) electrons. The highest BCUT2D eigenvalue weighted by Gasteiger charge is 2.21. The van der Waals surface area contributed by atoms with E-state index in [2.05, 4.69) is 17.2 Å². The van der Waals surface area contributed by atoms with Crippen LogP contribution in [0.15, 0.2) is 0 Å².